The van der Waals surface area contributed by atoms with Gasteiger partial charge in [0.1, 0.15) is 17.2 Å². The van der Waals surface area contributed by atoms with Crippen LogP contribution in [-0.4, -0.2) is 21.6 Å². The number of aromatic nitrogens is 2. The van der Waals surface area contributed by atoms with Crippen molar-refractivity contribution >= 4 is 27.5 Å². The molecule has 2 heterocycles. The minimum atomic E-state index is -0.401. The maximum Gasteiger partial charge on any atom is 0.326 e. The number of thiophene rings is 1. The molecule has 0 aliphatic rings. The summed E-state index contributed by atoms with van der Waals surface area (Å²) in [5, 5.41) is 0.582. The van der Waals surface area contributed by atoms with E-state index < -0.39 is 5.97 Å². The van der Waals surface area contributed by atoms with Crippen LogP contribution >= 0.6 is 11.3 Å². The molecule has 2 aromatic rings. The summed E-state index contributed by atoms with van der Waals surface area (Å²) in [6, 6.07) is 1.87. The first-order valence-corrected chi connectivity index (χ1v) is 7.97. The van der Waals surface area contributed by atoms with Crippen molar-refractivity contribution in [1.82, 2.24) is 9.55 Å². The standard InChI is InChI=1S/C15H20N2O3S/c1-5-9(3)20-13(18)8-17-10(4)16-14-12(15(17)19)7-11(6-2)21-14/h7,9H,5-6,8H2,1-4H3. The molecule has 2 aromatic heterocycles. The number of hydrogen-bond donors (Lipinski definition) is 0. The van der Waals surface area contributed by atoms with Crippen LogP contribution in [-0.2, 0) is 22.5 Å². The number of nitrogens with zero attached hydrogens (tertiary/aromatic N) is 2. The van der Waals surface area contributed by atoms with Gasteiger partial charge in [0.25, 0.3) is 5.56 Å². The number of fused-ring (bicyclic) bond motifs is 1. The zero-order valence-corrected chi connectivity index (χ0v) is 13.6. The number of rotatable bonds is 5. The van der Waals surface area contributed by atoms with E-state index in [0.717, 1.165) is 22.5 Å². The van der Waals surface area contributed by atoms with Crippen LogP contribution < -0.4 is 5.56 Å². The Hall–Kier alpha value is -1.69. The van der Waals surface area contributed by atoms with E-state index in [1.807, 2.05) is 26.8 Å². The molecule has 1 atom stereocenters. The monoisotopic (exact) mass is 308 g/mol. The Morgan fingerprint density at radius 3 is 2.81 bits per heavy atom. The summed E-state index contributed by atoms with van der Waals surface area (Å²) in [5.74, 6) is 0.139. The number of aryl methyl sites for hydroxylation is 2. The van der Waals surface area contributed by atoms with Gasteiger partial charge in [-0.1, -0.05) is 13.8 Å². The lowest BCUT2D eigenvalue weighted by molar-refractivity contribution is -0.149. The average molecular weight is 308 g/mol. The molecule has 0 N–H and O–H groups in total. The van der Waals surface area contributed by atoms with Gasteiger partial charge >= 0.3 is 5.97 Å². The van der Waals surface area contributed by atoms with Crippen LogP contribution in [0.4, 0.5) is 0 Å². The van der Waals surface area contributed by atoms with Crippen LogP contribution in [0, 0.1) is 6.92 Å². The van der Waals surface area contributed by atoms with E-state index in [4.69, 9.17) is 4.74 Å². The Balaban J connectivity index is 2.35. The summed E-state index contributed by atoms with van der Waals surface area (Å²) in [5.41, 5.74) is -0.172. The molecule has 6 heteroatoms. The zero-order chi connectivity index (χ0) is 15.6. The molecule has 0 radical (unpaired) electrons. The first-order chi connectivity index (χ1) is 9.96. The summed E-state index contributed by atoms with van der Waals surface area (Å²) in [7, 11) is 0. The minimum Gasteiger partial charge on any atom is -0.461 e. The first kappa shape index (κ1) is 15.7. The lowest BCUT2D eigenvalue weighted by Crippen LogP contribution is -2.29. The Morgan fingerprint density at radius 2 is 2.19 bits per heavy atom. The molecule has 0 bridgehead atoms. The highest BCUT2D eigenvalue weighted by molar-refractivity contribution is 7.18. The number of carbonyl (C=O) groups is 1. The predicted octanol–water partition coefficient (Wildman–Crippen LogP) is 2.67. The molecule has 5 nitrogen and oxygen atoms in total. The molecular weight excluding hydrogens is 288 g/mol. The second-order valence-electron chi connectivity index (χ2n) is 5.04. The average Bonchev–Trinajstić information content (AvgIpc) is 2.86. The quantitative estimate of drug-likeness (QED) is 0.797. The molecule has 0 aliphatic carbocycles. The molecule has 0 aliphatic heterocycles. The zero-order valence-electron chi connectivity index (χ0n) is 12.8. The number of carbonyl (C=O) groups excluding carboxylic acids is 1. The third kappa shape index (κ3) is 3.32. The molecule has 0 spiro atoms. The highest BCUT2D eigenvalue weighted by atomic mass is 32.1. The Bertz CT molecular complexity index is 718. The van der Waals surface area contributed by atoms with E-state index in [1.54, 1.807) is 6.92 Å². The van der Waals surface area contributed by atoms with Gasteiger partial charge < -0.3 is 4.74 Å². The number of ether oxygens (including phenoxy) is 1. The predicted molar refractivity (Wildman–Crippen MR) is 83.8 cm³/mol. The minimum absolute atomic E-state index is 0.0880. The van der Waals surface area contributed by atoms with Gasteiger partial charge in [0.15, 0.2) is 0 Å². The molecular formula is C15H20N2O3S. The highest BCUT2D eigenvalue weighted by Crippen LogP contribution is 2.21. The first-order valence-electron chi connectivity index (χ1n) is 7.15. The second kappa shape index (κ2) is 6.39. The van der Waals surface area contributed by atoms with E-state index in [0.29, 0.717) is 11.2 Å². The lowest BCUT2D eigenvalue weighted by Gasteiger charge is -2.13. The number of esters is 1. The van der Waals surface area contributed by atoms with Gasteiger partial charge in [-0.15, -0.1) is 11.3 Å². The van der Waals surface area contributed by atoms with E-state index in [1.165, 1.54) is 15.9 Å². The summed E-state index contributed by atoms with van der Waals surface area (Å²) in [6.07, 6.45) is 1.48. The second-order valence-corrected chi connectivity index (χ2v) is 6.16. The van der Waals surface area contributed by atoms with Crippen molar-refractivity contribution in [2.24, 2.45) is 0 Å². The van der Waals surface area contributed by atoms with Crippen molar-refractivity contribution in [3.05, 3.63) is 27.1 Å². The van der Waals surface area contributed by atoms with Gasteiger partial charge in [0.05, 0.1) is 11.5 Å². The van der Waals surface area contributed by atoms with Gasteiger partial charge in [-0.05, 0) is 32.8 Å². The van der Waals surface area contributed by atoms with E-state index >= 15 is 0 Å². The Kier molecular flexibility index (Phi) is 4.77. The summed E-state index contributed by atoms with van der Waals surface area (Å²) >= 11 is 1.53. The van der Waals surface area contributed by atoms with E-state index in [-0.39, 0.29) is 18.2 Å². The summed E-state index contributed by atoms with van der Waals surface area (Å²) < 4.78 is 6.62. The fourth-order valence-electron chi connectivity index (χ4n) is 2.00. The SMILES string of the molecule is CCc1cc2c(=O)n(CC(=O)OC(C)CC)c(C)nc2s1. The van der Waals surface area contributed by atoms with E-state index in [2.05, 4.69) is 4.98 Å². The van der Waals surface area contributed by atoms with Crippen LogP contribution in [0.1, 0.15) is 37.9 Å². The highest BCUT2D eigenvalue weighted by Gasteiger charge is 2.15. The van der Waals surface area contributed by atoms with Crippen LogP contribution in [0.2, 0.25) is 0 Å². The van der Waals surface area contributed by atoms with Crippen molar-refractivity contribution in [3.8, 4) is 0 Å². The lowest BCUT2D eigenvalue weighted by atomic mass is 10.3. The third-order valence-corrected chi connectivity index (χ3v) is 4.61. The van der Waals surface area contributed by atoms with Gasteiger partial charge in [-0.3, -0.25) is 14.2 Å². The van der Waals surface area contributed by atoms with Crippen molar-refractivity contribution in [2.45, 2.75) is 53.2 Å². The Labute approximate surface area is 127 Å². The molecule has 0 saturated heterocycles. The van der Waals surface area contributed by atoms with E-state index in [9.17, 15) is 9.59 Å². The van der Waals surface area contributed by atoms with Crippen LogP contribution in [0.3, 0.4) is 0 Å². The molecule has 2 rings (SSSR count). The molecule has 0 fully saturated rings. The molecule has 0 amide bonds. The molecule has 114 valence electrons. The smallest absolute Gasteiger partial charge is 0.326 e. The van der Waals surface area contributed by atoms with Crippen molar-refractivity contribution in [3.63, 3.8) is 0 Å². The molecule has 0 aromatic carbocycles. The van der Waals surface area contributed by atoms with Gasteiger partial charge in [0, 0.05) is 4.88 Å². The molecule has 0 saturated carbocycles. The van der Waals surface area contributed by atoms with Crippen molar-refractivity contribution in [1.29, 1.82) is 0 Å². The maximum atomic E-state index is 12.5. The van der Waals surface area contributed by atoms with Crippen molar-refractivity contribution in [2.75, 3.05) is 0 Å². The fourth-order valence-corrected chi connectivity index (χ4v) is 3.01. The van der Waals surface area contributed by atoms with Gasteiger partial charge in [-0.25, -0.2) is 4.98 Å². The van der Waals surface area contributed by atoms with Crippen LogP contribution in [0.5, 0.6) is 0 Å². The number of hydrogen-bond acceptors (Lipinski definition) is 5. The summed E-state index contributed by atoms with van der Waals surface area (Å²) in [4.78, 5) is 30.7. The van der Waals surface area contributed by atoms with Gasteiger partial charge in [-0.2, -0.15) is 0 Å². The van der Waals surface area contributed by atoms with Crippen molar-refractivity contribution < 1.29 is 9.53 Å². The molecule has 21 heavy (non-hydrogen) atoms. The Morgan fingerprint density at radius 1 is 1.48 bits per heavy atom. The topological polar surface area (TPSA) is 61.2 Å². The van der Waals surface area contributed by atoms with Crippen LogP contribution in [0.15, 0.2) is 10.9 Å². The summed E-state index contributed by atoms with van der Waals surface area (Å²) in [6.45, 7) is 7.47. The third-order valence-electron chi connectivity index (χ3n) is 3.44. The largest absolute Gasteiger partial charge is 0.461 e. The maximum absolute atomic E-state index is 12.5. The van der Waals surface area contributed by atoms with Gasteiger partial charge in [0.2, 0.25) is 0 Å². The normalized spacial score (nSPS) is 12.6. The fraction of sp³-hybridized carbons (Fsp3) is 0.533. The molecule has 1 unspecified atom stereocenters. The van der Waals surface area contributed by atoms with Crippen LogP contribution in [0.25, 0.3) is 10.2 Å².